The van der Waals surface area contributed by atoms with Crippen molar-refractivity contribution < 1.29 is 9.53 Å². The highest BCUT2D eigenvalue weighted by Crippen LogP contribution is 2.17. The van der Waals surface area contributed by atoms with E-state index in [1.807, 2.05) is 12.1 Å². The van der Waals surface area contributed by atoms with E-state index < -0.39 is 4.84 Å². The lowest BCUT2D eigenvalue weighted by molar-refractivity contribution is -0.119. The first-order valence-corrected chi connectivity index (χ1v) is 9.02. The predicted molar refractivity (Wildman–Crippen MR) is 94.2 cm³/mol. The number of hydrogen-bond acceptors (Lipinski definition) is 3. The van der Waals surface area contributed by atoms with E-state index in [1.54, 1.807) is 0 Å². The van der Waals surface area contributed by atoms with Crippen LogP contribution in [0.25, 0.3) is 0 Å². The maximum atomic E-state index is 11.2. The Bertz CT molecular complexity index is 491. The third kappa shape index (κ3) is 6.98. The normalized spacial score (nSPS) is 15.6. The molecule has 4 nitrogen and oxygen atoms in total. The Morgan fingerprint density at radius 1 is 1.26 bits per heavy atom. The molecule has 2 rings (SSSR count). The van der Waals surface area contributed by atoms with E-state index in [0.717, 1.165) is 12.3 Å². The molecule has 1 heterocycles. The summed E-state index contributed by atoms with van der Waals surface area (Å²) >= 11 is 10.9. The number of alkyl halides is 2. The number of hydrogen-bond donors (Lipinski definition) is 1. The third-order valence-corrected chi connectivity index (χ3v) is 4.24. The standard InChI is InChI=1S/C17H24Cl2N2O2/c18-16(19)17(22)20-8-5-11-23-15-7-4-6-14(12-15)13-21-9-2-1-3-10-21/h4,6-7,12,16H,1-3,5,8-11,13H2,(H,20,22). The van der Waals surface area contributed by atoms with Gasteiger partial charge in [-0.1, -0.05) is 41.8 Å². The number of carbonyl (C=O) groups is 1. The van der Waals surface area contributed by atoms with Gasteiger partial charge in [-0.25, -0.2) is 0 Å². The van der Waals surface area contributed by atoms with Crippen molar-refractivity contribution in [2.75, 3.05) is 26.2 Å². The monoisotopic (exact) mass is 358 g/mol. The summed E-state index contributed by atoms with van der Waals surface area (Å²) in [7, 11) is 0. The zero-order valence-electron chi connectivity index (χ0n) is 13.3. The minimum absolute atomic E-state index is 0.364. The van der Waals surface area contributed by atoms with Gasteiger partial charge in [0.25, 0.3) is 5.91 Å². The van der Waals surface area contributed by atoms with Crippen molar-refractivity contribution in [1.82, 2.24) is 10.2 Å². The number of benzene rings is 1. The quantitative estimate of drug-likeness (QED) is 0.572. The molecule has 1 aromatic carbocycles. The molecule has 0 bridgehead atoms. The highest BCUT2D eigenvalue weighted by molar-refractivity contribution is 6.53. The zero-order valence-corrected chi connectivity index (χ0v) is 14.8. The maximum Gasteiger partial charge on any atom is 0.253 e. The summed E-state index contributed by atoms with van der Waals surface area (Å²) in [6, 6.07) is 8.23. The highest BCUT2D eigenvalue weighted by atomic mass is 35.5. The van der Waals surface area contributed by atoms with E-state index in [9.17, 15) is 4.79 Å². The minimum Gasteiger partial charge on any atom is -0.494 e. The van der Waals surface area contributed by atoms with Crippen LogP contribution in [0.15, 0.2) is 24.3 Å². The molecule has 1 aromatic rings. The number of nitrogens with zero attached hydrogens (tertiary/aromatic N) is 1. The second kappa shape index (κ2) is 10.0. The number of nitrogens with one attached hydrogen (secondary N) is 1. The molecule has 1 aliphatic rings. The van der Waals surface area contributed by atoms with Crippen LogP contribution in [0.4, 0.5) is 0 Å². The van der Waals surface area contributed by atoms with Crippen molar-refractivity contribution in [1.29, 1.82) is 0 Å². The van der Waals surface area contributed by atoms with E-state index in [2.05, 4.69) is 22.3 Å². The van der Waals surface area contributed by atoms with Crippen molar-refractivity contribution >= 4 is 29.1 Å². The molecule has 0 spiro atoms. The first-order valence-electron chi connectivity index (χ1n) is 8.15. The molecule has 0 aromatic heterocycles. The number of amides is 1. The van der Waals surface area contributed by atoms with Gasteiger partial charge < -0.3 is 10.1 Å². The van der Waals surface area contributed by atoms with Crippen molar-refractivity contribution in [3.63, 3.8) is 0 Å². The second-order valence-electron chi connectivity index (χ2n) is 5.78. The van der Waals surface area contributed by atoms with Gasteiger partial charge in [0.05, 0.1) is 6.61 Å². The molecule has 128 valence electrons. The number of likely N-dealkylation sites (tertiary alicyclic amines) is 1. The summed E-state index contributed by atoms with van der Waals surface area (Å²) in [5.41, 5.74) is 1.28. The molecule has 0 unspecified atom stereocenters. The average molecular weight is 359 g/mol. The number of ether oxygens (including phenoxy) is 1. The van der Waals surface area contributed by atoms with Crippen molar-refractivity contribution in [3.05, 3.63) is 29.8 Å². The molecule has 1 fully saturated rings. The Morgan fingerprint density at radius 2 is 2.04 bits per heavy atom. The second-order valence-corrected chi connectivity index (χ2v) is 6.87. The van der Waals surface area contributed by atoms with Gasteiger partial charge in [-0.15, -0.1) is 0 Å². The van der Waals surface area contributed by atoms with Gasteiger partial charge in [-0.2, -0.15) is 0 Å². The lowest BCUT2D eigenvalue weighted by Crippen LogP contribution is -2.30. The Kier molecular flexibility index (Phi) is 8.00. The van der Waals surface area contributed by atoms with E-state index >= 15 is 0 Å². The topological polar surface area (TPSA) is 41.6 Å². The van der Waals surface area contributed by atoms with Crippen LogP contribution in [-0.2, 0) is 11.3 Å². The molecule has 23 heavy (non-hydrogen) atoms. The van der Waals surface area contributed by atoms with Gasteiger partial charge in [0.1, 0.15) is 5.75 Å². The summed E-state index contributed by atoms with van der Waals surface area (Å²) in [5.74, 6) is 0.510. The first kappa shape index (κ1) is 18.4. The SMILES string of the molecule is O=C(NCCCOc1cccc(CN2CCCCC2)c1)C(Cl)Cl. The van der Waals surface area contributed by atoms with Crippen molar-refractivity contribution in [3.8, 4) is 5.75 Å². The van der Waals surface area contributed by atoms with Gasteiger partial charge in [0.2, 0.25) is 0 Å². The average Bonchev–Trinajstić information content (AvgIpc) is 2.55. The number of rotatable bonds is 8. The molecule has 0 atom stereocenters. The van der Waals surface area contributed by atoms with E-state index in [0.29, 0.717) is 19.6 Å². The van der Waals surface area contributed by atoms with E-state index in [1.165, 1.54) is 37.9 Å². The van der Waals surface area contributed by atoms with Gasteiger partial charge in [-0.05, 0) is 50.0 Å². The Labute approximate surface area is 148 Å². The smallest absolute Gasteiger partial charge is 0.253 e. The van der Waals surface area contributed by atoms with Gasteiger partial charge in [0, 0.05) is 13.1 Å². The molecular formula is C17H24Cl2N2O2. The molecule has 1 aliphatic heterocycles. The van der Waals surface area contributed by atoms with Crippen LogP contribution in [-0.4, -0.2) is 41.9 Å². The molecular weight excluding hydrogens is 335 g/mol. The summed E-state index contributed by atoms with van der Waals surface area (Å²) < 4.78 is 5.74. The van der Waals surface area contributed by atoms with Crippen LogP contribution < -0.4 is 10.1 Å². The molecule has 1 amide bonds. The van der Waals surface area contributed by atoms with Crippen LogP contribution in [0.1, 0.15) is 31.2 Å². The van der Waals surface area contributed by atoms with Gasteiger partial charge >= 0.3 is 0 Å². The van der Waals surface area contributed by atoms with E-state index in [-0.39, 0.29) is 5.91 Å². The largest absolute Gasteiger partial charge is 0.494 e. The predicted octanol–water partition coefficient (Wildman–Crippen LogP) is 3.36. The lowest BCUT2D eigenvalue weighted by Gasteiger charge is -2.26. The number of carbonyl (C=O) groups excluding carboxylic acids is 1. The Balaban J connectivity index is 1.69. The molecule has 0 radical (unpaired) electrons. The maximum absolute atomic E-state index is 11.2. The number of piperidine rings is 1. The Hall–Kier alpha value is -0.970. The zero-order chi connectivity index (χ0) is 16.5. The molecule has 1 saturated heterocycles. The van der Waals surface area contributed by atoms with Crippen LogP contribution in [0.5, 0.6) is 5.75 Å². The number of halogens is 2. The highest BCUT2D eigenvalue weighted by Gasteiger charge is 2.11. The fourth-order valence-corrected chi connectivity index (χ4v) is 2.81. The third-order valence-electron chi connectivity index (χ3n) is 3.84. The Morgan fingerprint density at radius 3 is 2.78 bits per heavy atom. The summed E-state index contributed by atoms with van der Waals surface area (Å²) in [5, 5.41) is 2.64. The van der Waals surface area contributed by atoms with Gasteiger partial charge in [-0.3, -0.25) is 9.69 Å². The molecule has 1 N–H and O–H groups in total. The summed E-state index contributed by atoms with van der Waals surface area (Å²) in [4.78, 5) is 12.7. The fourth-order valence-electron chi connectivity index (χ4n) is 2.66. The van der Waals surface area contributed by atoms with Crippen molar-refractivity contribution in [2.45, 2.75) is 37.1 Å². The minimum atomic E-state index is -1.01. The van der Waals surface area contributed by atoms with Crippen molar-refractivity contribution in [2.24, 2.45) is 0 Å². The van der Waals surface area contributed by atoms with Crippen LogP contribution >= 0.6 is 23.2 Å². The van der Waals surface area contributed by atoms with Crippen LogP contribution in [0.3, 0.4) is 0 Å². The van der Waals surface area contributed by atoms with Crippen LogP contribution in [0, 0.1) is 0 Å². The molecule has 0 aliphatic carbocycles. The fraction of sp³-hybridized carbons (Fsp3) is 0.588. The summed E-state index contributed by atoms with van der Waals surface area (Å²) in [6.07, 6.45) is 4.66. The van der Waals surface area contributed by atoms with E-state index in [4.69, 9.17) is 27.9 Å². The first-order chi connectivity index (χ1) is 11.1. The molecule has 6 heteroatoms. The van der Waals surface area contributed by atoms with Crippen LogP contribution in [0.2, 0.25) is 0 Å². The molecule has 0 saturated carbocycles. The summed E-state index contributed by atoms with van der Waals surface area (Å²) in [6.45, 7) is 4.41. The van der Waals surface area contributed by atoms with Gasteiger partial charge in [0.15, 0.2) is 4.84 Å². The lowest BCUT2D eigenvalue weighted by atomic mass is 10.1.